The summed E-state index contributed by atoms with van der Waals surface area (Å²) in [5, 5.41) is 10.2. The van der Waals surface area contributed by atoms with Gasteiger partial charge in [-0.25, -0.2) is 4.98 Å². The number of nitrogens with zero attached hydrogens (tertiary/aromatic N) is 1. The van der Waals surface area contributed by atoms with Crippen molar-refractivity contribution in [1.82, 2.24) is 10.3 Å². The first kappa shape index (κ1) is 23.0. The fraction of sp³-hybridized carbons (Fsp3) is 0.500. The quantitative estimate of drug-likeness (QED) is 0.608. The van der Waals surface area contributed by atoms with Crippen molar-refractivity contribution in [3.8, 4) is 11.1 Å². The Morgan fingerprint density at radius 2 is 2.22 bits per heavy atom. The van der Waals surface area contributed by atoms with Crippen LogP contribution in [0.1, 0.15) is 26.7 Å². The number of carbonyl (C=O) groups excluding carboxylic acids is 1. The van der Waals surface area contributed by atoms with Crippen molar-refractivity contribution in [2.24, 2.45) is 5.92 Å². The van der Waals surface area contributed by atoms with Crippen LogP contribution in [-0.2, 0) is 14.3 Å². The summed E-state index contributed by atoms with van der Waals surface area (Å²) < 4.78 is 11.7. The van der Waals surface area contributed by atoms with Gasteiger partial charge in [0.15, 0.2) is 0 Å². The number of hydrogen-bond donors (Lipinski definition) is 3. The number of benzene rings is 1. The second-order valence-corrected chi connectivity index (χ2v) is 9.47. The molecule has 2 aliphatic rings. The number of carbonyl (C=O) groups is 1. The van der Waals surface area contributed by atoms with Gasteiger partial charge in [-0.2, -0.15) is 0 Å². The number of piperidine rings is 1. The number of pyridine rings is 1. The Hall–Kier alpha value is -2.19. The second kappa shape index (κ2) is 10.2. The molecular weight excluding hydrogens is 428 g/mol. The van der Waals surface area contributed by atoms with Gasteiger partial charge in [0.25, 0.3) is 0 Å². The molecule has 2 saturated heterocycles. The van der Waals surface area contributed by atoms with Gasteiger partial charge in [-0.3, -0.25) is 4.79 Å². The van der Waals surface area contributed by atoms with Crippen molar-refractivity contribution >= 4 is 29.0 Å². The fourth-order valence-electron chi connectivity index (χ4n) is 4.12. The summed E-state index contributed by atoms with van der Waals surface area (Å²) in [5.74, 6) is 0.465. The highest BCUT2D eigenvalue weighted by molar-refractivity contribution is 6.33. The second-order valence-electron chi connectivity index (χ2n) is 9.06. The summed E-state index contributed by atoms with van der Waals surface area (Å²) in [6, 6.07) is 9.84. The van der Waals surface area contributed by atoms with Crippen LogP contribution in [-0.4, -0.2) is 55.4 Å². The molecule has 0 saturated carbocycles. The van der Waals surface area contributed by atoms with E-state index in [1.165, 1.54) is 0 Å². The van der Waals surface area contributed by atoms with Crippen LogP contribution in [0.2, 0.25) is 5.02 Å². The predicted octanol–water partition coefficient (Wildman–Crippen LogP) is 3.95. The Kier molecular flexibility index (Phi) is 7.30. The Bertz CT molecular complexity index is 947. The molecule has 2 aromatic rings. The number of hydrogen-bond acceptors (Lipinski definition) is 6. The van der Waals surface area contributed by atoms with Gasteiger partial charge in [-0.05, 0) is 57.0 Å². The van der Waals surface area contributed by atoms with Crippen molar-refractivity contribution < 1.29 is 14.3 Å². The molecule has 0 unspecified atom stereocenters. The number of aromatic nitrogens is 1. The number of anilines is 2. The largest absolute Gasteiger partial charge is 0.382 e. The zero-order chi connectivity index (χ0) is 22.6. The first-order valence-electron chi connectivity index (χ1n) is 11.2. The highest BCUT2D eigenvalue weighted by Gasteiger charge is 2.29. The van der Waals surface area contributed by atoms with Crippen molar-refractivity contribution in [2.75, 3.05) is 43.5 Å². The standard InChI is InChI=1S/C24H31ClN4O3/c1-24(2)15-31-14-19(32-24)12-27-18-7-3-5-16(9-18)20-10-22(28-13-21(20)25)29-23(30)17-6-4-8-26-11-17/h3,5,7,9-10,13,17,19,26-27H,4,6,8,11-12,14-15H2,1-2H3,(H,28,29,30)/t17-,19-/m1/s1. The van der Waals surface area contributed by atoms with Crippen LogP contribution in [0.25, 0.3) is 11.1 Å². The normalized spacial score (nSPS) is 22.8. The molecule has 3 heterocycles. The molecule has 4 rings (SSSR count). The van der Waals surface area contributed by atoms with Crippen molar-refractivity contribution in [2.45, 2.75) is 38.4 Å². The van der Waals surface area contributed by atoms with Gasteiger partial charge in [0.05, 0.1) is 35.9 Å². The van der Waals surface area contributed by atoms with Gasteiger partial charge in [0.2, 0.25) is 5.91 Å². The van der Waals surface area contributed by atoms with E-state index in [1.807, 2.05) is 44.2 Å². The monoisotopic (exact) mass is 458 g/mol. The summed E-state index contributed by atoms with van der Waals surface area (Å²) in [6.45, 7) is 7.57. The molecule has 2 atom stereocenters. The highest BCUT2D eigenvalue weighted by Crippen LogP contribution is 2.31. The number of ether oxygens (including phenoxy) is 2. The zero-order valence-electron chi connectivity index (χ0n) is 18.6. The topological polar surface area (TPSA) is 84.5 Å². The van der Waals surface area contributed by atoms with E-state index in [2.05, 4.69) is 20.9 Å². The van der Waals surface area contributed by atoms with Gasteiger partial charge in [0, 0.05) is 30.5 Å². The molecule has 0 radical (unpaired) electrons. The van der Waals surface area contributed by atoms with E-state index in [0.29, 0.717) is 37.1 Å². The molecule has 0 bridgehead atoms. The first-order chi connectivity index (χ1) is 15.4. The third kappa shape index (κ3) is 5.98. The van der Waals surface area contributed by atoms with Crippen LogP contribution in [0.5, 0.6) is 0 Å². The number of rotatable bonds is 6. The summed E-state index contributed by atoms with van der Waals surface area (Å²) in [6.07, 6.45) is 3.47. The average molecular weight is 459 g/mol. The van der Waals surface area contributed by atoms with Crippen LogP contribution in [0.15, 0.2) is 36.5 Å². The van der Waals surface area contributed by atoms with Gasteiger partial charge in [0.1, 0.15) is 5.82 Å². The maximum absolute atomic E-state index is 12.6. The minimum absolute atomic E-state index is 0.00832. The summed E-state index contributed by atoms with van der Waals surface area (Å²) in [7, 11) is 0. The molecule has 1 aromatic heterocycles. The number of halogens is 1. The smallest absolute Gasteiger partial charge is 0.229 e. The van der Waals surface area contributed by atoms with E-state index < -0.39 is 0 Å². The minimum atomic E-state index is -0.272. The molecule has 2 aliphatic heterocycles. The lowest BCUT2D eigenvalue weighted by atomic mass is 9.99. The summed E-state index contributed by atoms with van der Waals surface area (Å²) in [5.41, 5.74) is 2.45. The average Bonchev–Trinajstić information content (AvgIpc) is 2.79. The molecule has 0 aliphatic carbocycles. The Balaban J connectivity index is 1.43. The molecule has 7 nitrogen and oxygen atoms in total. The molecule has 0 spiro atoms. The van der Waals surface area contributed by atoms with Gasteiger partial charge >= 0.3 is 0 Å². The van der Waals surface area contributed by atoms with Crippen LogP contribution in [0.3, 0.4) is 0 Å². The molecule has 3 N–H and O–H groups in total. The lowest BCUT2D eigenvalue weighted by Gasteiger charge is -2.36. The van der Waals surface area contributed by atoms with Crippen molar-refractivity contribution in [1.29, 1.82) is 0 Å². The van der Waals surface area contributed by atoms with E-state index in [1.54, 1.807) is 6.20 Å². The predicted molar refractivity (Wildman–Crippen MR) is 127 cm³/mol. The van der Waals surface area contributed by atoms with Gasteiger partial charge in [-0.15, -0.1) is 0 Å². The van der Waals surface area contributed by atoms with Crippen LogP contribution >= 0.6 is 11.6 Å². The van der Waals surface area contributed by atoms with Crippen LogP contribution in [0.4, 0.5) is 11.5 Å². The zero-order valence-corrected chi connectivity index (χ0v) is 19.4. The molecule has 2 fully saturated rings. The highest BCUT2D eigenvalue weighted by atomic mass is 35.5. The van der Waals surface area contributed by atoms with E-state index >= 15 is 0 Å². The Morgan fingerprint density at radius 1 is 1.34 bits per heavy atom. The van der Waals surface area contributed by atoms with Gasteiger partial charge < -0.3 is 25.4 Å². The third-order valence-corrected chi connectivity index (χ3v) is 6.02. The molecule has 32 heavy (non-hydrogen) atoms. The van der Waals surface area contributed by atoms with Crippen LogP contribution < -0.4 is 16.0 Å². The van der Waals surface area contributed by atoms with E-state index in [-0.39, 0.29) is 23.5 Å². The van der Waals surface area contributed by atoms with Crippen LogP contribution in [0, 0.1) is 5.92 Å². The van der Waals surface area contributed by atoms with Crippen molar-refractivity contribution in [3.05, 3.63) is 41.6 Å². The molecule has 8 heteroatoms. The number of amides is 1. The lowest BCUT2D eigenvalue weighted by molar-refractivity contribution is -0.177. The van der Waals surface area contributed by atoms with E-state index in [9.17, 15) is 4.79 Å². The van der Waals surface area contributed by atoms with E-state index in [0.717, 1.165) is 36.2 Å². The minimum Gasteiger partial charge on any atom is -0.382 e. The molecular formula is C24H31ClN4O3. The maximum atomic E-state index is 12.6. The first-order valence-corrected chi connectivity index (χ1v) is 11.5. The number of nitrogens with one attached hydrogen (secondary N) is 3. The Morgan fingerprint density at radius 3 is 3.00 bits per heavy atom. The molecule has 1 amide bonds. The SMILES string of the molecule is CC1(C)COC[C@@H](CNc2cccc(-c3cc(NC(=O)[C@@H]4CCCNC4)ncc3Cl)c2)O1. The van der Waals surface area contributed by atoms with E-state index in [4.69, 9.17) is 21.1 Å². The Labute approximate surface area is 194 Å². The van der Waals surface area contributed by atoms with Gasteiger partial charge in [-0.1, -0.05) is 23.7 Å². The lowest BCUT2D eigenvalue weighted by Crippen LogP contribution is -2.45. The summed E-state index contributed by atoms with van der Waals surface area (Å²) >= 11 is 6.46. The summed E-state index contributed by atoms with van der Waals surface area (Å²) in [4.78, 5) is 16.9. The third-order valence-electron chi connectivity index (χ3n) is 5.72. The fourth-order valence-corrected chi connectivity index (χ4v) is 4.33. The maximum Gasteiger partial charge on any atom is 0.229 e. The molecule has 1 aromatic carbocycles. The molecule has 172 valence electrons. The van der Waals surface area contributed by atoms with Crippen molar-refractivity contribution in [3.63, 3.8) is 0 Å².